The van der Waals surface area contributed by atoms with E-state index in [-0.39, 0.29) is 0 Å². The molecule has 1 rings (SSSR count). The second kappa shape index (κ2) is 5.91. The summed E-state index contributed by atoms with van der Waals surface area (Å²) in [6, 6.07) is 0. The molecule has 0 amide bonds. The highest BCUT2D eigenvalue weighted by Gasteiger charge is 2.22. The van der Waals surface area contributed by atoms with E-state index in [1.807, 2.05) is 6.20 Å². The molecule has 3 nitrogen and oxygen atoms in total. The van der Waals surface area contributed by atoms with Gasteiger partial charge in [0.05, 0.1) is 6.54 Å². The standard InChI is InChI=1S/C12H23N3/c1-4-12(5-2,6-3)10-13-9-11-14-7-8-15-11/h7-8,13H,4-6,9-10H2,1-3H3,(H,14,15). The Labute approximate surface area is 92.7 Å². The van der Waals surface area contributed by atoms with E-state index < -0.39 is 0 Å². The largest absolute Gasteiger partial charge is 0.348 e. The molecule has 0 bridgehead atoms. The van der Waals surface area contributed by atoms with Crippen molar-refractivity contribution in [2.45, 2.75) is 46.6 Å². The first-order valence-electron chi connectivity index (χ1n) is 5.95. The van der Waals surface area contributed by atoms with E-state index in [1.54, 1.807) is 6.20 Å². The third kappa shape index (κ3) is 3.34. The fourth-order valence-corrected chi connectivity index (χ4v) is 1.97. The van der Waals surface area contributed by atoms with Crippen molar-refractivity contribution in [3.63, 3.8) is 0 Å². The fraction of sp³-hybridized carbons (Fsp3) is 0.750. The van der Waals surface area contributed by atoms with Crippen LogP contribution < -0.4 is 5.32 Å². The summed E-state index contributed by atoms with van der Waals surface area (Å²) in [7, 11) is 0. The van der Waals surface area contributed by atoms with Gasteiger partial charge in [-0.3, -0.25) is 0 Å². The molecule has 0 fully saturated rings. The molecule has 1 aromatic heterocycles. The Morgan fingerprint density at radius 1 is 1.27 bits per heavy atom. The van der Waals surface area contributed by atoms with Gasteiger partial charge in [-0.1, -0.05) is 20.8 Å². The van der Waals surface area contributed by atoms with Crippen LogP contribution in [0.4, 0.5) is 0 Å². The van der Waals surface area contributed by atoms with Crippen molar-refractivity contribution in [2.75, 3.05) is 6.54 Å². The molecule has 0 aliphatic rings. The van der Waals surface area contributed by atoms with Crippen LogP contribution in [0.5, 0.6) is 0 Å². The van der Waals surface area contributed by atoms with Crippen LogP contribution in [0.2, 0.25) is 0 Å². The molecule has 86 valence electrons. The second-order valence-electron chi connectivity index (χ2n) is 4.20. The van der Waals surface area contributed by atoms with E-state index in [9.17, 15) is 0 Å². The van der Waals surface area contributed by atoms with Crippen molar-refractivity contribution in [2.24, 2.45) is 5.41 Å². The molecule has 2 N–H and O–H groups in total. The molecule has 0 spiro atoms. The Morgan fingerprint density at radius 3 is 2.40 bits per heavy atom. The normalized spacial score (nSPS) is 11.9. The maximum Gasteiger partial charge on any atom is 0.120 e. The van der Waals surface area contributed by atoms with Crippen LogP contribution in [-0.2, 0) is 6.54 Å². The van der Waals surface area contributed by atoms with E-state index in [0.717, 1.165) is 18.9 Å². The van der Waals surface area contributed by atoms with Crippen molar-refractivity contribution in [3.05, 3.63) is 18.2 Å². The van der Waals surface area contributed by atoms with Crippen LogP contribution >= 0.6 is 0 Å². The predicted octanol–water partition coefficient (Wildman–Crippen LogP) is 2.72. The summed E-state index contributed by atoms with van der Waals surface area (Å²) in [5.74, 6) is 1.02. The van der Waals surface area contributed by atoms with Gasteiger partial charge in [0.15, 0.2) is 0 Å². The maximum absolute atomic E-state index is 4.20. The lowest BCUT2D eigenvalue weighted by Gasteiger charge is -2.30. The minimum Gasteiger partial charge on any atom is -0.348 e. The molecule has 0 aliphatic carbocycles. The van der Waals surface area contributed by atoms with Crippen LogP contribution in [0.15, 0.2) is 12.4 Å². The molecule has 0 radical (unpaired) electrons. The Balaban J connectivity index is 2.34. The van der Waals surface area contributed by atoms with Crippen molar-refractivity contribution in [1.29, 1.82) is 0 Å². The zero-order valence-corrected chi connectivity index (χ0v) is 10.1. The summed E-state index contributed by atoms with van der Waals surface area (Å²) in [5, 5.41) is 3.49. The number of aromatic nitrogens is 2. The molecule has 1 aromatic rings. The summed E-state index contributed by atoms with van der Waals surface area (Å²) >= 11 is 0. The SMILES string of the molecule is CCC(CC)(CC)CNCc1ncc[nH]1. The summed E-state index contributed by atoms with van der Waals surface area (Å²) < 4.78 is 0. The zero-order valence-electron chi connectivity index (χ0n) is 10.1. The molecule has 1 heterocycles. The minimum atomic E-state index is 0.465. The Kier molecular flexibility index (Phi) is 4.82. The number of H-pyrrole nitrogens is 1. The van der Waals surface area contributed by atoms with E-state index in [4.69, 9.17) is 0 Å². The van der Waals surface area contributed by atoms with Crippen LogP contribution in [0.25, 0.3) is 0 Å². The molecule has 0 saturated heterocycles. The smallest absolute Gasteiger partial charge is 0.120 e. The predicted molar refractivity (Wildman–Crippen MR) is 63.6 cm³/mol. The van der Waals surface area contributed by atoms with Gasteiger partial charge in [0.1, 0.15) is 5.82 Å². The Hall–Kier alpha value is -0.830. The van der Waals surface area contributed by atoms with Gasteiger partial charge < -0.3 is 10.3 Å². The van der Waals surface area contributed by atoms with Crippen LogP contribution in [0, 0.1) is 5.41 Å². The van der Waals surface area contributed by atoms with E-state index >= 15 is 0 Å². The number of hydrogen-bond acceptors (Lipinski definition) is 2. The molecular formula is C12H23N3. The minimum absolute atomic E-state index is 0.465. The average molecular weight is 209 g/mol. The van der Waals surface area contributed by atoms with Gasteiger partial charge in [0.25, 0.3) is 0 Å². The third-order valence-electron chi connectivity index (χ3n) is 3.60. The number of imidazole rings is 1. The Bertz CT molecular complexity index is 242. The second-order valence-corrected chi connectivity index (χ2v) is 4.20. The third-order valence-corrected chi connectivity index (χ3v) is 3.60. The first-order valence-corrected chi connectivity index (χ1v) is 5.95. The van der Waals surface area contributed by atoms with Gasteiger partial charge >= 0.3 is 0 Å². The summed E-state index contributed by atoms with van der Waals surface area (Å²) in [5.41, 5.74) is 0.465. The maximum atomic E-state index is 4.20. The number of rotatable bonds is 7. The van der Waals surface area contributed by atoms with Gasteiger partial charge in [0.2, 0.25) is 0 Å². The first kappa shape index (κ1) is 12.2. The highest BCUT2D eigenvalue weighted by molar-refractivity contribution is 4.87. The molecule has 0 unspecified atom stereocenters. The summed E-state index contributed by atoms with van der Waals surface area (Å²) in [4.78, 5) is 7.30. The van der Waals surface area contributed by atoms with Crippen molar-refractivity contribution in [3.8, 4) is 0 Å². The summed E-state index contributed by atoms with van der Waals surface area (Å²) in [6.07, 6.45) is 7.38. The van der Waals surface area contributed by atoms with Gasteiger partial charge in [-0.2, -0.15) is 0 Å². The first-order chi connectivity index (χ1) is 7.26. The van der Waals surface area contributed by atoms with Crippen LogP contribution in [0.3, 0.4) is 0 Å². The topological polar surface area (TPSA) is 40.7 Å². The van der Waals surface area contributed by atoms with Crippen molar-refractivity contribution < 1.29 is 0 Å². The molecule has 0 saturated carbocycles. The Morgan fingerprint density at radius 2 is 1.93 bits per heavy atom. The van der Waals surface area contributed by atoms with E-state index in [1.165, 1.54) is 19.3 Å². The lowest BCUT2D eigenvalue weighted by molar-refractivity contribution is 0.237. The lowest BCUT2D eigenvalue weighted by Crippen LogP contribution is -2.32. The lowest BCUT2D eigenvalue weighted by atomic mass is 9.80. The molecule has 3 heteroatoms. The van der Waals surface area contributed by atoms with E-state index in [0.29, 0.717) is 5.41 Å². The zero-order chi connectivity index (χ0) is 11.1. The van der Waals surface area contributed by atoms with Crippen molar-refractivity contribution >= 4 is 0 Å². The van der Waals surface area contributed by atoms with Crippen LogP contribution in [-0.4, -0.2) is 16.5 Å². The fourth-order valence-electron chi connectivity index (χ4n) is 1.97. The van der Waals surface area contributed by atoms with Gasteiger partial charge in [-0.15, -0.1) is 0 Å². The number of aromatic amines is 1. The quantitative estimate of drug-likeness (QED) is 0.725. The molecule has 15 heavy (non-hydrogen) atoms. The van der Waals surface area contributed by atoms with Crippen molar-refractivity contribution in [1.82, 2.24) is 15.3 Å². The van der Waals surface area contributed by atoms with E-state index in [2.05, 4.69) is 36.1 Å². The van der Waals surface area contributed by atoms with Crippen LogP contribution in [0.1, 0.15) is 45.9 Å². The number of nitrogens with one attached hydrogen (secondary N) is 2. The molecular weight excluding hydrogens is 186 g/mol. The van der Waals surface area contributed by atoms with Gasteiger partial charge in [0, 0.05) is 18.9 Å². The monoisotopic (exact) mass is 209 g/mol. The molecule has 0 aliphatic heterocycles. The molecule has 0 atom stereocenters. The highest BCUT2D eigenvalue weighted by Crippen LogP contribution is 2.29. The summed E-state index contributed by atoms with van der Waals surface area (Å²) in [6.45, 7) is 8.76. The molecule has 0 aromatic carbocycles. The number of nitrogens with zero attached hydrogens (tertiary/aromatic N) is 1. The highest BCUT2D eigenvalue weighted by atomic mass is 15.0. The van der Waals surface area contributed by atoms with Gasteiger partial charge in [-0.05, 0) is 24.7 Å². The number of hydrogen-bond donors (Lipinski definition) is 2. The average Bonchev–Trinajstić information content (AvgIpc) is 2.78. The van der Waals surface area contributed by atoms with Gasteiger partial charge in [-0.25, -0.2) is 4.98 Å².